The molecular weight excluding hydrogens is 182 g/mol. The molecule has 0 heterocycles. The molecule has 0 aromatic carbocycles. The van der Waals surface area contributed by atoms with Crippen LogP contribution in [0.1, 0.15) is 13.8 Å². The number of rotatable bonds is 4. The first kappa shape index (κ1) is 12.0. The van der Waals surface area contributed by atoms with Crippen molar-refractivity contribution in [2.24, 2.45) is 0 Å². The van der Waals surface area contributed by atoms with E-state index in [-0.39, 0.29) is 12.7 Å². The quantitative estimate of drug-likeness (QED) is 0.539. The Balaban J connectivity index is 4.74. The Morgan fingerprint density at radius 1 is 1.69 bits per heavy atom. The SMILES string of the molecule is C=CC(F)(F)C(C)(O)C(=O)OCC. The molecular formula is C8H12F2O3. The number of carbonyl (C=O) groups is 1. The van der Waals surface area contributed by atoms with Gasteiger partial charge in [0.15, 0.2) is 0 Å². The summed E-state index contributed by atoms with van der Waals surface area (Å²) < 4.78 is 29.9. The van der Waals surface area contributed by atoms with Crippen molar-refractivity contribution in [1.82, 2.24) is 0 Å². The predicted molar refractivity (Wildman–Crippen MR) is 42.4 cm³/mol. The van der Waals surface area contributed by atoms with Crippen molar-refractivity contribution in [3.63, 3.8) is 0 Å². The molecule has 0 aliphatic rings. The molecule has 0 saturated carbocycles. The summed E-state index contributed by atoms with van der Waals surface area (Å²) in [5.74, 6) is -5.06. The smallest absolute Gasteiger partial charge is 0.344 e. The fraction of sp³-hybridized carbons (Fsp3) is 0.625. The van der Waals surface area contributed by atoms with E-state index in [2.05, 4.69) is 11.3 Å². The maximum Gasteiger partial charge on any atom is 0.344 e. The lowest BCUT2D eigenvalue weighted by Gasteiger charge is -2.27. The summed E-state index contributed by atoms with van der Waals surface area (Å²) in [5.41, 5.74) is -2.86. The molecule has 0 aliphatic carbocycles. The molecule has 0 rings (SSSR count). The van der Waals surface area contributed by atoms with E-state index in [4.69, 9.17) is 5.11 Å². The van der Waals surface area contributed by atoms with Gasteiger partial charge in [-0.1, -0.05) is 6.58 Å². The van der Waals surface area contributed by atoms with Crippen LogP contribution >= 0.6 is 0 Å². The molecule has 0 amide bonds. The van der Waals surface area contributed by atoms with Crippen LogP contribution in [0.5, 0.6) is 0 Å². The first-order chi connectivity index (χ1) is 5.79. The van der Waals surface area contributed by atoms with Crippen molar-refractivity contribution >= 4 is 5.97 Å². The second kappa shape index (κ2) is 3.83. The standard InChI is InChI=1S/C8H12F2O3/c1-4-8(9,10)7(3,12)6(11)13-5-2/h4,12H,1,5H2,2-3H3. The second-order valence-corrected chi connectivity index (χ2v) is 2.62. The van der Waals surface area contributed by atoms with Gasteiger partial charge in [-0.3, -0.25) is 0 Å². The summed E-state index contributed by atoms with van der Waals surface area (Å²) in [7, 11) is 0. The third-order valence-electron chi connectivity index (χ3n) is 1.58. The van der Waals surface area contributed by atoms with Crippen LogP contribution in [-0.2, 0) is 9.53 Å². The van der Waals surface area contributed by atoms with E-state index in [1.807, 2.05) is 0 Å². The van der Waals surface area contributed by atoms with Gasteiger partial charge in [0.25, 0.3) is 0 Å². The average Bonchev–Trinajstić information content (AvgIpc) is 2.04. The third kappa shape index (κ3) is 2.24. The van der Waals surface area contributed by atoms with E-state index < -0.39 is 17.5 Å². The fourth-order valence-corrected chi connectivity index (χ4v) is 0.606. The molecule has 0 bridgehead atoms. The minimum atomic E-state index is -3.70. The zero-order chi connectivity index (χ0) is 10.7. The van der Waals surface area contributed by atoms with Gasteiger partial charge in [0.2, 0.25) is 5.60 Å². The number of esters is 1. The van der Waals surface area contributed by atoms with Gasteiger partial charge in [-0.05, 0) is 19.9 Å². The Labute approximate surface area is 75.0 Å². The molecule has 0 radical (unpaired) electrons. The number of alkyl halides is 2. The normalized spacial score (nSPS) is 16.1. The molecule has 0 aliphatic heterocycles. The molecule has 1 unspecified atom stereocenters. The van der Waals surface area contributed by atoms with E-state index in [0.717, 1.165) is 0 Å². The molecule has 3 nitrogen and oxygen atoms in total. The molecule has 1 N–H and O–H groups in total. The van der Waals surface area contributed by atoms with Crippen LogP contribution in [0.2, 0.25) is 0 Å². The summed E-state index contributed by atoms with van der Waals surface area (Å²) in [4.78, 5) is 10.9. The van der Waals surface area contributed by atoms with Crippen LogP contribution in [0.3, 0.4) is 0 Å². The van der Waals surface area contributed by atoms with Gasteiger partial charge in [-0.25, -0.2) is 4.79 Å². The number of hydrogen-bond donors (Lipinski definition) is 1. The molecule has 5 heteroatoms. The Morgan fingerprint density at radius 3 is 2.46 bits per heavy atom. The summed E-state index contributed by atoms with van der Waals surface area (Å²) in [6.45, 7) is 4.90. The summed E-state index contributed by atoms with van der Waals surface area (Å²) in [5, 5.41) is 9.15. The lowest BCUT2D eigenvalue weighted by molar-refractivity contribution is -0.193. The van der Waals surface area contributed by atoms with Crippen molar-refractivity contribution in [1.29, 1.82) is 0 Å². The van der Waals surface area contributed by atoms with Gasteiger partial charge in [0, 0.05) is 0 Å². The number of ether oxygens (including phenoxy) is 1. The van der Waals surface area contributed by atoms with Crippen LogP contribution in [-0.4, -0.2) is 29.2 Å². The lowest BCUT2D eigenvalue weighted by atomic mass is 9.98. The van der Waals surface area contributed by atoms with E-state index in [9.17, 15) is 13.6 Å². The number of carbonyl (C=O) groups excluding carboxylic acids is 1. The minimum Gasteiger partial charge on any atom is -0.464 e. The van der Waals surface area contributed by atoms with Crippen LogP contribution < -0.4 is 0 Å². The van der Waals surface area contributed by atoms with Crippen LogP contribution in [0, 0.1) is 0 Å². The van der Waals surface area contributed by atoms with Crippen LogP contribution in [0.4, 0.5) is 8.78 Å². The van der Waals surface area contributed by atoms with Crippen LogP contribution in [0.25, 0.3) is 0 Å². The second-order valence-electron chi connectivity index (χ2n) is 2.62. The molecule has 0 aromatic rings. The van der Waals surface area contributed by atoms with Gasteiger partial charge >= 0.3 is 11.9 Å². The van der Waals surface area contributed by atoms with E-state index in [0.29, 0.717) is 6.92 Å². The highest BCUT2D eigenvalue weighted by molar-refractivity contribution is 5.80. The zero-order valence-corrected chi connectivity index (χ0v) is 7.51. The third-order valence-corrected chi connectivity index (χ3v) is 1.58. The van der Waals surface area contributed by atoms with Crippen molar-refractivity contribution < 1.29 is 23.4 Å². The monoisotopic (exact) mass is 194 g/mol. The maximum atomic E-state index is 12.8. The number of aliphatic hydroxyl groups is 1. The number of hydrogen-bond acceptors (Lipinski definition) is 3. The molecule has 76 valence electrons. The van der Waals surface area contributed by atoms with Gasteiger partial charge in [-0.2, -0.15) is 8.78 Å². The van der Waals surface area contributed by atoms with Crippen molar-refractivity contribution in [3.05, 3.63) is 12.7 Å². The zero-order valence-electron chi connectivity index (χ0n) is 7.51. The molecule has 0 spiro atoms. The van der Waals surface area contributed by atoms with Crippen LogP contribution in [0.15, 0.2) is 12.7 Å². The fourth-order valence-electron chi connectivity index (χ4n) is 0.606. The van der Waals surface area contributed by atoms with Crippen molar-refractivity contribution in [2.75, 3.05) is 6.61 Å². The highest BCUT2D eigenvalue weighted by Gasteiger charge is 2.53. The minimum absolute atomic E-state index is 0.0673. The molecule has 0 saturated heterocycles. The molecule has 0 aromatic heterocycles. The highest BCUT2D eigenvalue weighted by Crippen LogP contribution is 2.30. The Bertz CT molecular complexity index is 211. The van der Waals surface area contributed by atoms with Gasteiger partial charge < -0.3 is 9.84 Å². The lowest BCUT2D eigenvalue weighted by Crippen LogP contribution is -2.51. The molecule has 13 heavy (non-hydrogen) atoms. The van der Waals surface area contributed by atoms with E-state index >= 15 is 0 Å². The van der Waals surface area contributed by atoms with Gasteiger partial charge in [-0.15, -0.1) is 0 Å². The molecule has 0 fully saturated rings. The molecule has 1 atom stereocenters. The number of halogens is 2. The average molecular weight is 194 g/mol. The van der Waals surface area contributed by atoms with E-state index in [1.165, 1.54) is 6.92 Å². The Morgan fingerprint density at radius 2 is 2.15 bits per heavy atom. The Kier molecular flexibility index (Phi) is 3.54. The topological polar surface area (TPSA) is 46.5 Å². The first-order valence-corrected chi connectivity index (χ1v) is 3.70. The van der Waals surface area contributed by atoms with E-state index in [1.54, 1.807) is 0 Å². The van der Waals surface area contributed by atoms with Gasteiger partial charge in [0.05, 0.1) is 6.61 Å². The first-order valence-electron chi connectivity index (χ1n) is 3.70. The predicted octanol–water partition coefficient (Wildman–Crippen LogP) is 1.12. The largest absolute Gasteiger partial charge is 0.464 e. The highest BCUT2D eigenvalue weighted by atomic mass is 19.3. The summed E-state index contributed by atoms with van der Waals surface area (Å²) in [6.07, 6.45) is 0.212. The summed E-state index contributed by atoms with van der Waals surface area (Å²) in [6, 6.07) is 0. The maximum absolute atomic E-state index is 12.8. The Hall–Kier alpha value is -0.970. The van der Waals surface area contributed by atoms with Crippen molar-refractivity contribution in [3.8, 4) is 0 Å². The van der Waals surface area contributed by atoms with Crippen molar-refractivity contribution in [2.45, 2.75) is 25.4 Å². The van der Waals surface area contributed by atoms with Gasteiger partial charge in [0.1, 0.15) is 0 Å². The summed E-state index contributed by atoms with van der Waals surface area (Å²) >= 11 is 0.